The molecule has 2 rings (SSSR count). The lowest BCUT2D eigenvalue weighted by Gasteiger charge is -2.34. The first kappa shape index (κ1) is 24.5. The van der Waals surface area contributed by atoms with Crippen molar-refractivity contribution in [1.82, 2.24) is 20.5 Å². The molecule has 0 aliphatic carbocycles. The number of likely N-dealkylation sites (N-methyl/N-ethyl adjacent to an activating group) is 1. The number of piperidine rings is 1. The molecular formula is C20H35IN6O. The molecule has 7 nitrogen and oxygen atoms in total. The van der Waals surface area contributed by atoms with Crippen molar-refractivity contribution in [2.45, 2.75) is 45.6 Å². The fourth-order valence-electron chi connectivity index (χ4n) is 2.92. The van der Waals surface area contributed by atoms with E-state index >= 15 is 0 Å². The van der Waals surface area contributed by atoms with Crippen LogP contribution in [0.3, 0.4) is 0 Å². The first-order chi connectivity index (χ1) is 13.0. The number of anilines is 1. The van der Waals surface area contributed by atoms with Crippen molar-refractivity contribution in [3.05, 3.63) is 23.9 Å². The van der Waals surface area contributed by atoms with E-state index in [1.807, 2.05) is 6.20 Å². The lowest BCUT2D eigenvalue weighted by molar-refractivity contribution is -0.127. The smallest absolute Gasteiger partial charge is 0.243 e. The van der Waals surface area contributed by atoms with Crippen LogP contribution in [0.4, 0.5) is 5.82 Å². The van der Waals surface area contributed by atoms with Gasteiger partial charge in [0, 0.05) is 46.0 Å². The number of unbranched alkanes of at least 4 members (excludes halogenated alkanes) is 1. The van der Waals surface area contributed by atoms with Crippen LogP contribution in [0.1, 0.15) is 38.2 Å². The number of carbonyl (C=O) groups excluding carboxylic acids is 1. The summed E-state index contributed by atoms with van der Waals surface area (Å²) in [6.07, 6.45) is 6.17. The third kappa shape index (κ3) is 8.20. The number of hydrogen-bond acceptors (Lipinski definition) is 4. The molecule has 1 saturated heterocycles. The molecular weight excluding hydrogens is 467 g/mol. The summed E-state index contributed by atoms with van der Waals surface area (Å²) in [4.78, 5) is 24.7. The van der Waals surface area contributed by atoms with Crippen molar-refractivity contribution in [3.8, 4) is 0 Å². The van der Waals surface area contributed by atoms with E-state index in [0.29, 0.717) is 6.04 Å². The molecule has 1 aromatic rings. The topological polar surface area (TPSA) is 72.9 Å². The standard InChI is InChI=1S/C20H34N6O.HI/c1-5-6-11-21-20(23-15-19(27)25(3)4)24-17-9-12-26(13-10-17)18-8-7-16(2)14-22-18;/h7-8,14,17H,5-6,9-13,15H2,1-4H3,(H2,21,23,24);1H. The number of halogens is 1. The molecule has 1 fully saturated rings. The third-order valence-corrected chi connectivity index (χ3v) is 4.75. The number of aliphatic imine (C=N–C) groups is 1. The normalized spacial score (nSPS) is 15.0. The number of rotatable bonds is 7. The van der Waals surface area contributed by atoms with Crippen LogP contribution in [0.15, 0.2) is 23.3 Å². The van der Waals surface area contributed by atoms with Crippen molar-refractivity contribution < 1.29 is 4.79 Å². The number of hydrogen-bond donors (Lipinski definition) is 2. The van der Waals surface area contributed by atoms with Crippen LogP contribution >= 0.6 is 24.0 Å². The molecule has 1 amide bonds. The highest BCUT2D eigenvalue weighted by Crippen LogP contribution is 2.18. The van der Waals surface area contributed by atoms with Gasteiger partial charge in [-0.1, -0.05) is 19.4 Å². The Morgan fingerprint density at radius 2 is 2.04 bits per heavy atom. The highest BCUT2D eigenvalue weighted by Gasteiger charge is 2.21. The van der Waals surface area contributed by atoms with Gasteiger partial charge in [0.05, 0.1) is 0 Å². The van der Waals surface area contributed by atoms with Crippen LogP contribution in [0.5, 0.6) is 0 Å². The van der Waals surface area contributed by atoms with E-state index < -0.39 is 0 Å². The minimum atomic E-state index is 0. The highest BCUT2D eigenvalue weighted by atomic mass is 127. The monoisotopic (exact) mass is 502 g/mol. The largest absolute Gasteiger partial charge is 0.356 e. The van der Waals surface area contributed by atoms with Crippen molar-refractivity contribution in [2.75, 3.05) is 45.2 Å². The van der Waals surface area contributed by atoms with Gasteiger partial charge >= 0.3 is 0 Å². The van der Waals surface area contributed by atoms with Crippen molar-refractivity contribution in [2.24, 2.45) is 4.99 Å². The van der Waals surface area contributed by atoms with Gasteiger partial charge in [-0.2, -0.15) is 0 Å². The number of aromatic nitrogens is 1. The summed E-state index contributed by atoms with van der Waals surface area (Å²) in [6, 6.07) is 4.56. The second-order valence-electron chi connectivity index (χ2n) is 7.33. The summed E-state index contributed by atoms with van der Waals surface area (Å²) < 4.78 is 0. The first-order valence-corrected chi connectivity index (χ1v) is 9.92. The molecule has 0 unspecified atom stereocenters. The molecule has 0 bridgehead atoms. The Hall–Kier alpha value is -1.58. The van der Waals surface area contributed by atoms with Crippen LogP contribution in [-0.4, -0.2) is 68.1 Å². The van der Waals surface area contributed by atoms with E-state index in [-0.39, 0.29) is 36.4 Å². The minimum absolute atomic E-state index is 0. The van der Waals surface area contributed by atoms with Gasteiger partial charge in [-0.3, -0.25) is 4.79 Å². The summed E-state index contributed by atoms with van der Waals surface area (Å²) in [7, 11) is 3.51. The fraction of sp³-hybridized carbons (Fsp3) is 0.650. The van der Waals surface area contributed by atoms with Crippen molar-refractivity contribution in [1.29, 1.82) is 0 Å². The zero-order chi connectivity index (χ0) is 19.6. The van der Waals surface area contributed by atoms with Crippen LogP contribution in [0, 0.1) is 6.92 Å². The average molecular weight is 502 g/mol. The van der Waals surface area contributed by atoms with Gasteiger partial charge in [0.2, 0.25) is 5.91 Å². The maximum Gasteiger partial charge on any atom is 0.243 e. The zero-order valence-corrected chi connectivity index (χ0v) is 19.9. The second-order valence-corrected chi connectivity index (χ2v) is 7.33. The van der Waals surface area contributed by atoms with Gasteiger partial charge in [-0.25, -0.2) is 9.98 Å². The summed E-state index contributed by atoms with van der Waals surface area (Å²) in [6.45, 7) is 7.18. The molecule has 28 heavy (non-hydrogen) atoms. The number of nitrogens with zero attached hydrogens (tertiary/aromatic N) is 4. The molecule has 0 radical (unpaired) electrons. The lowest BCUT2D eigenvalue weighted by atomic mass is 10.1. The third-order valence-electron chi connectivity index (χ3n) is 4.75. The molecule has 0 aromatic carbocycles. The first-order valence-electron chi connectivity index (χ1n) is 9.92. The van der Waals surface area contributed by atoms with Crippen LogP contribution in [0.25, 0.3) is 0 Å². The quantitative estimate of drug-likeness (QED) is 0.259. The molecule has 2 heterocycles. The van der Waals surface area contributed by atoms with E-state index in [1.165, 1.54) is 5.56 Å². The van der Waals surface area contributed by atoms with Crippen molar-refractivity contribution in [3.63, 3.8) is 0 Å². The Bertz CT molecular complexity index is 612. The van der Waals surface area contributed by atoms with E-state index in [2.05, 4.69) is 51.5 Å². The van der Waals surface area contributed by atoms with E-state index in [9.17, 15) is 4.79 Å². The maximum absolute atomic E-state index is 11.8. The molecule has 1 aliphatic heterocycles. The van der Waals surface area contributed by atoms with E-state index in [4.69, 9.17) is 0 Å². The van der Waals surface area contributed by atoms with Gasteiger partial charge in [-0.05, 0) is 37.8 Å². The van der Waals surface area contributed by atoms with Gasteiger partial charge in [0.15, 0.2) is 5.96 Å². The molecule has 0 atom stereocenters. The van der Waals surface area contributed by atoms with Gasteiger partial charge in [-0.15, -0.1) is 24.0 Å². The highest BCUT2D eigenvalue weighted by molar-refractivity contribution is 14.0. The number of pyridine rings is 1. The van der Waals surface area contributed by atoms with Crippen LogP contribution < -0.4 is 15.5 Å². The van der Waals surface area contributed by atoms with Gasteiger partial charge < -0.3 is 20.4 Å². The summed E-state index contributed by atoms with van der Waals surface area (Å²) >= 11 is 0. The Morgan fingerprint density at radius 3 is 2.61 bits per heavy atom. The van der Waals surface area contributed by atoms with Gasteiger partial charge in [0.25, 0.3) is 0 Å². The SMILES string of the molecule is CCCCNC(=NCC(=O)N(C)C)NC1CCN(c2ccc(C)cn2)CC1.I. The van der Waals surface area contributed by atoms with E-state index in [0.717, 1.165) is 57.1 Å². The van der Waals surface area contributed by atoms with Crippen LogP contribution in [0.2, 0.25) is 0 Å². The molecule has 1 aromatic heterocycles. The Labute approximate surface area is 186 Å². The molecule has 2 N–H and O–H groups in total. The van der Waals surface area contributed by atoms with E-state index in [1.54, 1.807) is 19.0 Å². The maximum atomic E-state index is 11.8. The molecule has 158 valence electrons. The number of guanidine groups is 1. The minimum Gasteiger partial charge on any atom is -0.356 e. The summed E-state index contributed by atoms with van der Waals surface area (Å²) in [5, 5.41) is 6.86. The number of carbonyl (C=O) groups is 1. The zero-order valence-electron chi connectivity index (χ0n) is 17.6. The summed E-state index contributed by atoms with van der Waals surface area (Å²) in [5.41, 5.74) is 1.18. The number of nitrogens with one attached hydrogen (secondary N) is 2. The Kier molecular flexibility index (Phi) is 11.2. The number of amides is 1. The second kappa shape index (κ2) is 12.8. The summed E-state index contributed by atoms with van der Waals surface area (Å²) in [5.74, 6) is 1.79. The molecule has 1 aliphatic rings. The lowest BCUT2D eigenvalue weighted by Crippen LogP contribution is -2.49. The van der Waals surface area contributed by atoms with Crippen LogP contribution in [-0.2, 0) is 4.79 Å². The average Bonchev–Trinajstić information content (AvgIpc) is 2.67. The molecule has 0 spiro atoms. The Balaban J connectivity index is 0.00000392. The predicted molar refractivity (Wildman–Crippen MR) is 127 cm³/mol. The fourth-order valence-corrected chi connectivity index (χ4v) is 2.92. The molecule has 8 heteroatoms. The Morgan fingerprint density at radius 1 is 1.32 bits per heavy atom. The van der Waals surface area contributed by atoms with Gasteiger partial charge in [0.1, 0.15) is 12.4 Å². The van der Waals surface area contributed by atoms with Crippen molar-refractivity contribution >= 4 is 41.7 Å². The number of aryl methyl sites for hydroxylation is 1. The molecule has 0 saturated carbocycles. The predicted octanol–water partition coefficient (Wildman–Crippen LogP) is 2.40.